The van der Waals surface area contributed by atoms with Crippen LogP contribution in [0.25, 0.3) is 23.0 Å². The van der Waals surface area contributed by atoms with Crippen LogP contribution in [-0.2, 0) is 0 Å². The van der Waals surface area contributed by atoms with Gasteiger partial charge < -0.3 is 9.32 Å². The van der Waals surface area contributed by atoms with E-state index >= 15 is 0 Å². The van der Waals surface area contributed by atoms with Gasteiger partial charge in [-0.15, -0.1) is 10.2 Å². The maximum atomic E-state index is 5.82. The van der Waals surface area contributed by atoms with Gasteiger partial charge in [0.2, 0.25) is 5.89 Å². The van der Waals surface area contributed by atoms with Crippen LogP contribution in [0, 0.1) is 6.92 Å². The molecular formula is C17H17N5O. The molecule has 4 rings (SSSR count). The van der Waals surface area contributed by atoms with Gasteiger partial charge in [0, 0.05) is 42.9 Å². The molecule has 0 aliphatic carbocycles. The van der Waals surface area contributed by atoms with Crippen LogP contribution in [0.4, 0.5) is 5.69 Å². The third-order valence-corrected chi connectivity index (χ3v) is 4.11. The van der Waals surface area contributed by atoms with Crippen molar-refractivity contribution in [2.75, 3.05) is 18.0 Å². The van der Waals surface area contributed by atoms with Crippen LogP contribution in [0.15, 0.2) is 41.2 Å². The van der Waals surface area contributed by atoms with E-state index in [0.29, 0.717) is 17.5 Å². The Morgan fingerprint density at radius 2 is 1.87 bits per heavy atom. The van der Waals surface area contributed by atoms with E-state index in [-0.39, 0.29) is 0 Å². The van der Waals surface area contributed by atoms with Gasteiger partial charge in [-0.2, -0.15) is 0 Å². The van der Waals surface area contributed by atoms with Gasteiger partial charge in [-0.05, 0) is 43.5 Å². The molecule has 3 aromatic rings. The Kier molecular flexibility index (Phi) is 3.49. The maximum Gasteiger partial charge on any atom is 0.266 e. The van der Waals surface area contributed by atoms with Gasteiger partial charge in [0.05, 0.1) is 0 Å². The van der Waals surface area contributed by atoms with E-state index in [2.05, 4.69) is 25.1 Å². The van der Waals surface area contributed by atoms with Crippen molar-refractivity contribution >= 4 is 5.69 Å². The summed E-state index contributed by atoms with van der Waals surface area (Å²) in [5.41, 5.74) is 3.77. The Balaban J connectivity index is 1.67. The lowest BCUT2D eigenvalue weighted by Crippen LogP contribution is -2.17. The Bertz CT molecular complexity index is 823. The second-order valence-electron chi connectivity index (χ2n) is 5.70. The minimum atomic E-state index is 0.442. The fourth-order valence-electron chi connectivity index (χ4n) is 2.86. The summed E-state index contributed by atoms with van der Waals surface area (Å²) in [6.07, 6.45) is 7.78. The van der Waals surface area contributed by atoms with Crippen molar-refractivity contribution in [1.82, 2.24) is 20.2 Å². The molecule has 0 radical (unpaired) electrons. The highest BCUT2D eigenvalue weighted by Gasteiger charge is 2.16. The molecule has 1 aliphatic rings. The van der Waals surface area contributed by atoms with Gasteiger partial charge in [-0.25, -0.2) is 0 Å². The highest BCUT2D eigenvalue weighted by atomic mass is 16.4. The first-order valence-corrected chi connectivity index (χ1v) is 7.77. The molecule has 3 aromatic heterocycles. The van der Waals surface area contributed by atoms with Crippen LogP contribution in [0.3, 0.4) is 0 Å². The zero-order valence-corrected chi connectivity index (χ0v) is 12.9. The summed E-state index contributed by atoms with van der Waals surface area (Å²) in [5, 5.41) is 8.31. The molecule has 0 unspecified atom stereocenters. The van der Waals surface area contributed by atoms with Crippen molar-refractivity contribution in [3.05, 3.63) is 42.4 Å². The van der Waals surface area contributed by atoms with Gasteiger partial charge in [0.25, 0.3) is 5.89 Å². The van der Waals surface area contributed by atoms with Crippen LogP contribution < -0.4 is 4.90 Å². The number of aromatic nitrogens is 4. The molecule has 0 aromatic carbocycles. The topological polar surface area (TPSA) is 67.9 Å². The number of anilines is 1. The largest absolute Gasteiger partial charge is 0.415 e. The molecule has 4 heterocycles. The smallest absolute Gasteiger partial charge is 0.266 e. The van der Waals surface area contributed by atoms with E-state index in [1.165, 1.54) is 12.8 Å². The zero-order valence-electron chi connectivity index (χ0n) is 12.9. The molecule has 6 heteroatoms. The summed E-state index contributed by atoms with van der Waals surface area (Å²) < 4.78 is 5.82. The van der Waals surface area contributed by atoms with E-state index in [1.54, 1.807) is 18.6 Å². The minimum absolute atomic E-state index is 0.442. The highest BCUT2D eigenvalue weighted by molar-refractivity contribution is 5.61. The molecule has 0 amide bonds. The Morgan fingerprint density at radius 3 is 2.70 bits per heavy atom. The molecule has 1 saturated heterocycles. The Morgan fingerprint density at radius 1 is 1.04 bits per heavy atom. The first kappa shape index (κ1) is 13.9. The van der Waals surface area contributed by atoms with Crippen molar-refractivity contribution < 1.29 is 4.42 Å². The van der Waals surface area contributed by atoms with Crippen LogP contribution in [0.2, 0.25) is 0 Å². The number of aryl methyl sites for hydroxylation is 1. The van der Waals surface area contributed by atoms with Crippen LogP contribution in [-0.4, -0.2) is 33.3 Å². The zero-order chi connectivity index (χ0) is 15.6. The van der Waals surface area contributed by atoms with Crippen molar-refractivity contribution in [2.24, 2.45) is 0 Å². The first-order valence-electron chi connectivity index (χ1n) is 7.77. The fraction of sp³-hybridized carbons (Fsp3) is 0.294. The fourth-order valence-corrected chi connectivity index (χ4v) is 2.86. The average molecular weight is 307 g/mol. The quantitative estimate of drug-likeness (QED) is 0.740. The standard InChI is InChI=1S/C17H17N5O/c1-12-11-18-6-5-14(12)16-20-21-17(23-16)15-10-13(4-7-19-15)22-8-2-3-9-22/h4-7,10-11H,2-3,8-9H2,1H3. The minimum Gasteiger partial charge on any atom is -0.415 e. The maximum absolute atomic E-state index is 5.82. The number of pyridine rings is 2. The lowest BCUT2D eigenvalue weighted by molar-refractivity contribution is 0.581. The number of hydrogen-bond donors (Lipinski definition) is 0. The van der Waals surface area contributed by atoms with Gasteiger partial charge in [-0.1, -0.05) is 0 Å². The molecule has 1 fully saturated rings. The first-order chi connectivity index (χ1) is 11.3. The molecule has 0 atom stereocenters. The predicted octanol–water partition coefficient (Wildman–Crippen LogP) is 3.10. The average Bonchev–Trinajstić information content (AvgIpc) is 3.27. The number of nitrogens with zero attached hydrogens (tertiary/aromatic N) is 5. The molecule has 23 heavy (non-hydrogen) atoms. The van der Waals surface area contributed by atoms with E-state index in [4.69, 9.17) is 4.42 Å². The summed E-state index contributed by atoms with van der Waals surface area (Å²) in [7, 11) is 0. The van der Waals surface area contributed by atoms with Gasteiger partial charge in [0.1, 0.15) is 5.69 Å². The summed E-state index contributed by atoms with van der Waals surface area (Å²) >= 11 is 0. The molecule has 116 valence electrons. The van der Waals surface area contributed by atoms with Crippen LogP contribution in [0.1, 0.15) is 18.4 Å². The molecular weight excluding hydrogens is 290 g/mol. The molecule has 0 bridgehead atoms. The van der Waals surface area contributed by atoms with E-state index in [0.717, 1.165) is 29.9 Å². The Labute approximate surface area is 134 Å². The molecule has 0 saturated carbocycles. The predicted molar refractivity (Wildman–Crippen MR) is 86.9 cm³/mol. The van der Waals surface area contributed by atoms with E-state index < -0.39 is 0 Å². The van der Waals surface area contributed by atoms with Crippen molar-refractivity contribution in [1.29, 1.82) is 0 Å². The van der Waals surface area contributed by atoms with Crippen molar-refractivity contribution in [2.45, 2.75) is 19.8 Å². The molecule has 0 spiro atoms. The molecule has 0 N–H and O–H groups in total. The van der Waals surface area contributed by atoms with Crippen molar-refractivity contribution in [3.63, 3.8) is 0 Å². The Hall–Kier alpha value is -2.76. The third kappa shape index (κ3) is 2.67. The summed E-state index contributed by atoms with van der Waals surface area (Å²) in [6, 6.07) is 5.92. The molecule has 1 aliphatic heterocycles. The lowest BCUT2D eigenvalue weighted by atomic mass is 10.2. The summed E-state index contributed by atoms with van der Waals surface area (Å²) in [4.78, 5) is 10.8. The highest BCUT2D eigenvalue weighted by Crippen LogP contribution is 2.27. The van der Waals surface area contributed by atoms with Crippen molar-refractivity contribution in [3.8, 4) is 23.0 Å². The molecule has 6 nitrogen and oxygen atoms in total. The lowest BCUT2D eigenvalue weighted by Gasteiger charge is -2.17. The number of rotatable bonds is 3. The second-order valence-corrected chi connectivity index (χ2v) is 5.70. The van der Waals surface area contributed by atoms with Gasteiger partial charge in [-0.3, -0.25) is 9.97 Å². The van der Waals surface area contributed by atoms with Crippen LogP contribution >= 0.6 is 0 Å². The third-order valence-electron chi connectivity index (χ3n) is 4.11. The summed E-state index contributed by atoms with van der Waals surface area (Å²) in [6.45, 7) is 4.15. The van der Waals surface area contributed by atoms with E-state index in [9.17, 15) is 0 Å². The van der Waals surface area contributed by atoms with Gasteiger partial charge >= 0.3 is 0 Å². The van der Waals surface area contributed by atoms with Crippen LogP contribution in [0.5, 0.6) is 0 Å². The van der Waals surface area contributed by atoms with E-state index in [1.807, 2.05) is 25.1 Å². The second kappa shape index (κ2) is 5.79. The number of hydrogen-bond acceptors (Lipinski definition) is 6. The SMILES string of the molecule is Cc1cnccc1-c1nnc(-c2cc(N3CCCC3)ccn2)o1. The normalized spacial score (nSPS) is 14.4. The van der Waals surface area contributed by atoms with Gasteiger partial charge in [0.15, 0.2) is 0 Å². The monoisotopic (exact) mass is 307 g/mol. The summed E-state index contributed by atoms with van der Waals surface area (Å²) in [5.74, 6) is 0.936.